The Morgan fingerprint density at radius 3 is 2.36 bits per heavy atom. The molecule has 1 saturated heterocycles. The molecule has 2 aromatic carbocycles. The van der Waals surface area contributed by atoms with E-state index in [1.54, 1.807) is 4.90 Å². The first kappa shape index (κ1) is 22.8. The van der Waals surface area contributed by atoms with E-state index in [1.807, 2.05) is 62.4 Å². The highest BCUT2D eigenvalue weighted by molar-refractivity contribution is 5.94. The molecule has 2 aliphatic rings. The molecule has 0 spiro atoms. The molecule has 1 saturated carbocycles. The van der Waals surface area contributed by atoms with E-state index in [4.69, 9.17) is 0 Å². The van der Waals surface area contributed by atoms with E-state index in [2.05, 4.69) is 16.0 Å². The zero-order chi connectivity index (χ0) is 23.4. The molecular weight excluding hydrogens is 416 g/mol. The Bertz CT molecular complexity index is 1020. The summed E-state index contributed by atoms with van der Waals surface area (Å²) >= 11 is 0. The number of urea groups is 1. The number of piperidine rings is 1. The van der Waals surface area contributed by atoms with Crippen LogP contribution in [0.1, 0.15) is 49.8 Å². The Kier molecular flexibility index (Phi) is 6.96. The van der Waals surface area contributed by atoms with Crippen molar-refractivity contribution in [2.24, 2.45) is 11.8 Å². The van der Waals surface area contributed by atoms with Gasteiger partial charge in [-0.3, -0.25) is 9.59 Å². The maximum Gasteiger partial charge on any atom is 0.321 e. The van der Waals surface area contributed by atoms with Crippen molar-refractivity contribution in [1.29, 1.82) is 0 Å². The van der Waals surface area contributed by atoms with Crippen LogP contribution in [0.3, 0.4) is 0 Å². The molecule has 2 atom stereocenters. The molecule has 4 amide bonds. The van der Waals surface area contributed by atoms with E-state index >= 15 is 0 Å². The molecule has 7 nitrogen and oxygen atoms in total. The molecule has 7 heteroatoms. The number of benzene rings is 2. The second-order valence-electron chi connectivity index (χ2n) is 9.20. The molecule has 1 heterocycles. The minimum atomic E-state index is -0.235. The highest BCUT2D eigenvalue weighted by atomic mass is 16.2. The van der Waals surface area contributed by atoms with E-state index in [0.717, 1.165) is 48.2 Å². The Labute approximate surface area is 194 Å². The monoisotopic (exact) mass is 448 g/mol. The molecule has 3 N–H and O–H groups in total. The SMILES string of the molecule is Cc1cccc(NC(=O)N2CCCC(C(=O)NC(C)c3ccc(NC(=O)C4CC4)cc3)C2)c1. The van der Waals surface area contributed by atoms with Gasteiger partial charge in [-0.05, 0) is 74.9 Å². The zero-order valence-corrected chi connectivity index (χ0v) is 19.3. The van der Waals surface area contributed by atoms with Crippen molar-refractivity contribution in [2.45, 2.75) is 45.6 Å². The summed E-state index contributed by atoms with van der Waals surface area (Å²) in [6, 6.07) is 14.9. The molecule has 1 aliphatic carbocycles. The maximum absolute atomic E-state index is 12.9. The first-order valence-electron chi connectivity index (χ1n) is 11.7. The largest absolute Gasteiger partial charge is 0.349 e. The third kappa shape index (κ3) is 6.12. The predicted molar refractivity (Wildman–Crippen MR) is 129 cm³/mol. The average Bonchev–Trinajstić information content (AvgIpc) is 3.65. The van der Waals surface area contributed by atoms with Crippen molar-refractivity contribution in [1.82, 2.24) is 10.2 Å². The summed E-state index contributed by atoms with van der Waals surface area (Å²) in [6.07, 6.45) is 3.50. The molecule has 2 aromatic rings. The molecule has 0 bridgehead atoms. The highest BCUT2D eigenvalue weighted by Crippen LogP contribution is 2.30. The number of amides is 4. The summed E-state index contributed by atoms with van der Waals surface area (Å²) in [6.45, 7) is 4.98. The third-order valence-electron chi connectivity index (χ3n) is 6.33. The molecular formula is C26H32N4O3. The smallest absolute Gasteiger partial charge is 0.321 e. The summed E-state index contributed by atoms with van der Waals surface area (Å²) < 4.78 is 0. The molecule has 0 radical (unpaired) electrons. The van der Waals surface area contributed by atoms with Crippen molar-refractivity contribution in [3.8, 4) is 0 Å². The lowest BCUT2D eigenvalue weighted by molar-refractivity contribution is -0.127. The number of nitrogens with zero attached hydrogens (tertiary/aromatic N) is 1. The van der Waals surface area contributed by atoms with E-state index in [1.165, 1.54) is 0 Å². The van der Waals surface area contributed by atoms with E-state index < -0.39 is 0 Å². The van der Waals surface area contributed by atoms with Gasteiger partial charge in [-0.25, -0.2) is 4.79 Å². The van der Waals surface area contributed by atoms with Crippen LogP contribution in [0.25, 0.3) is 0 Å². The van der Waals surface area contributed by atoms with Crippen molar-refractivity contribution < 1.29 is 14.4 Å². The lowest BCUT2D eigenvalue weighted by Crippen LogP contribution is -2.47. The Hall–Kier alpha value is -3.35. The van der Waals surface area contributed by atoms with Gasteiger partial charge in [0.25, 0.3) is 0 Å². The number of carbonyl (C=O) groups excluding carboxylic acids is 3. The van der Waals surface area contributed by atoms with Crippen LogP contribution >= 0.6 is 0 Å². The summed E-state index contributed by atoms with van der Waals surface area (Å²) in [4.78, 5) is 39.2. The number of likely N-dealkylation sites (tertiary alicyclic amines) is 1. The zero-order valence-electron chi connectivity index (χ0n) is 19.3. The minimum absolute atomic E-state index is 0.0401. The number of carbonyl (C=O) groups is 3. The molecule has 2 fully saturated rings. The van der Waals surface area contributed by atoms with Crippen molar-refractivity contribution in [2.75, 3.05) is 23.7 Å². The van der Waals surface area contributed by atoms with Crippen LogP contribution in [0.2, 0.25) is 0 Å². The predicted octanol–water partition coefficient (Wildman–Crippen LogP) is 4.46. The fourth-order valence-electron chi connectivity index (χ4n) is 4.16. The van der Waals surface area contributed by atoms with Gasteiger partial charge in [0.2, 0.25) is 11.8 Å². The summed E-state index contributed by atoms with van der Waals surface area (Å²) in [5, 5.41) is 8.95. The minimum Gasteiger partial charge on any atom is -0.349 e. The van der Waals surface area contributed by atoms with Crippen LogP contribution in [0.4, 0.5) is 16.2 Å². The van der Waals surface area contributed by atoms with Gasteiger partial charge in [0, 0.05) is 30.4 Å². The van der Waals surface area contributed by atoms with Gasteiger partial charge in [0.15, 0.2) is 0 Å². The maximum atomic E-state index is 12.9. The normalized spacial score (nSPS) is 18.8. The van der Waals surface area contributed by atoms with Gasteiger partial charge in [-0.2, -0.15) is 0 Å². The Morgan fingerprint density at radius 2 is 1.67 bits per heavy atom. The van der Waals surface area contributed by atoms with Crippen LogP contribution in [-0.2, 0) is 9.59 Å². The second kappa shape index (κ2) is 10.1. The molecule has 1 aliphatic heterocycles. The quantitative estimate of drug-likeness (QED) is 0.609. The van der Waals surface area contributed by atoms with E-state index in [-0.39, 0.29) is 35.7 Å². The van der Waals surface area contributed by atoms with Gasteiger partial charge in [-0.1, -0.05) is 24.3 Å². The number of rotatable bonds is 6. The Balaban J connectivity index is 1.29. The van der Waals surface area contributed by atoms with E-state index in [0.29, 0.717) is 13.1 Å². The summed E-state index contributed by atoms with van der Waals surface area (Å²) in [7, 11) is 0. The molecule has 0 aromatic heterocycles. The van der Waals surface area contributed by atoms with Gasteiger partial charge in [0.05, 0.1) is 12.0 Å². The first-order valence-corrected chi connectivity index (χ1v) is 11.7. The molecule has 33 heavy (non-hydrogen) atoms. The van der Waals surface area contributed by atoms with Gasteiger partial charge in [-0.15, -0.1) is 0 Å². The van der Waals surface area contributed by atoms with Crippen molar-refractivity contribution >= 4 is 29.2 Å². The summed E-state index contributed by atoms with van der Waals surface area (Å²) in [5.74, 6) is -0.0301. The standard InChI is InChI=1S/C26H32N4O3/c1-17-5-3-7-23(15-17)29-26(33)30-14-4-6-21(16-30)25(32)27-18(2)19-10-12-22(13-11-19)28-24(31)20-8-9-20/h3,5,7,10-13,15,18,20-21H,4,6,8-9,14,16H2,1-2H3,(H,27,32)(H,28,31)(H,29,33). The lowest BCUT2D eigenvalue weighted by Gasteiger charge is -2.32. The van der Waals surface area contributed by atoms with Gasteiger partial charge < -0.3 is 20.9 Å². The van der Waals surface area contributed by atoms with Crippen molar-refractivity contribution in [3.05, 3.63) is 59.7 Å². The van der Waals surface area contributed by atoms with E-state index in [9.17, 15) is 14.4 Å². The topological polar surface area (TPSA) is 90.5 Å². The van der Waals surface area contributed by atoms with Crippen LogP contribution < -0.4 is 16.0 Å². The van der Waals surface area contributed by atoms with Crippen LogP contribution in [0.5, 0.6) is 0 Å². The van der Waals surface area contributed by atoms with Gasteiger partial charge in [0.1, 0.15) is 0 Å². The number of hydrogen-bond acceptors (Lipinski definition) is 3. The molecule has 4 rings (SSSR count). The molecule has 2 unspecified atom stereocenters. The number of anilines is 2. The first-order chi connectivity index (χ1) is 15.9. The molecule has 174 valence electrons. The van der Waals surface area contributed by atoms with Crippen LogP contribution in [0, 0.1) is 18.8 Å². The number of nitrogens with one attached hydrogen (secondary N) is 3. The van der Waals surface area contributed by atoms with Crippen molar-refractivity contribution in [3.63, 3.8) is 0 Å². The number of hydrogen-bond donors (Lipinski definition) is 3. The lowest BCUT2D eigenvalue weighted by atomic mass is 9.96. The van der Waals surface area contributed by atoms with Crippen LogP contribution in [0.15, 0.2) is 48.5 Å². The fourth-order valence-corrected chi connectivity index (χ4v) is 4.16. The van der Waals surface area contributed by atoms with Gasteiger partial charge >= 0.3 is 6.03 Å². The number of aryl methyl sites for hydroxylation is 1. The van der Waals surface area contributed by atoms with Crippen LogP contribution in [-0.4, -0.2) is 35.8 Å². The summed E-state index contributed by atoms with van der Waals surface area (Å²) in [5.41, 5.74) is 3.59. The fraction of sp³-hybridized carbons (Fsp3) is 0.423. The highest BCUT2D eigenvalue weighted by Gasteiger charge is 2.30. The average molecular weight is 449 g/mol. The third-order valence-corrected chi connectivity index (χ3v) is 6.33. The Morgan fingerprint density at radius 1 is 0.909 bits per heavy atom. The second-order valence-corrected chi connectivity index (χ2v) is 9.20.